The molecule has 2 atom stereocenters. The summed E-state index contributed by atoms with van der Waals surface area (Å²) in [5.74, 6) is 0.816. The molecule has 2 unspecified atom stereocenters. The van der Waals surface area contributed by atoms with Crippen molar-refractivity contribution in [2.75, 3.05) is 18.1 Å². The number of amides is 1. The van der Waals surface area contributed by atoms with Gasteiger partial charge in [-0.15, -0.1) is 0 Å². The summed E-state index contributed by atoms with van der Waals surface area (Å²) in [4.78, 5) is 16.5. The third kappa shape index (κ3) is 3.88. The Morgan fingerprint density at radius 2 is 2.30 bits per heavy atom. The number of aromatic nitrogens is 1. The zero-order chi connectivity index (χ0) is 14.4. The van der Waals surface area contributed by atoms with Crippen LogP contribution in [0.1, 0.15) is 43.0 Å². The van der Waals surface area contributed by atoms with Crippen molar-refractivity contribution < 1.29 is 4.79 Å². The number of thioether (sulfide) groups is 1. The van der Waals surface area contributed by atoms with E-state index in [1.54, 1.807) is 6.20 Å². The molecule has 0 spiro atoms. The zero-order valence-corrected chi connectivity index (χ0v) is 13.0. The first-order valence-corrected chi connectivity index (χ1v) is 8.57. The van der Waals surface area contributed by atoms with Crippen LogP contribution in [0.4, 0.5) is 5.82 Å². The van der Waals surface area contributed by atoms with Crippen molar-refractivity contribution in [3.63, 3.8) is 0 Å². The number of hydrogen-bond acceptors (Lipinski definition) is 4. The molecular weight excluding hydrogens is 270 g/mol. The van der Waals surface area contributed by atoms with Gasteiger partial charge in [0.2, 0.25) is 0 Å². The van der Waals surface area contributed by atoms with Gasteiger partial charge in [-0.25, -0.2) is 4.98 Å². The molecule has 4 nitrogen and oxygen atoms in total. The summed E-state index contributed by atoms with van der Waals surface area (Å²) in [6.45, 7) is 3.01. The molecule has 2 rings (SSSR count). The third-order valence-corrected chi connectivity index (χ3v) is 4.82. The van der Waals surface area contributed by atoms with Gasteiger partial charge in [-0.3, -0.25) is 4.79 Å². The maximum absolute atomic E-state index is 12.2. The minimum Gasteiger partial charge on any atom is -0.370 e. The van der Waals surface area contributed by atoms with E-state index in [-0.39, 0.29) is 5.91 Å². The topological polar surface area (TPSA) is 54.0 Å². The van der Waals surface area contributed by atoms with Crippen molar-refractivity contribution in [2.24, 2.45) is 0 Å². The van der Waals surface area contributed by atoms with E-state index in [4.69, 9.17) is 0 Å². The number of rotatable bonds is 6. The average molecular weight is 293 g/mol. The van der Waals surface area contributed by atoms with Gasteiger partial charge in [0.1, 0.15) is 5.82 Å². The Morgan fingerprint density at radius 3 is 2.95 bits per heavy atom. The number of carbonyl (C=O) groups is 1. The number of hydrogen-bond donors (Lipinski definition) is 2. The summed E-state index contributed by atoms with van der Waals surface area (Å²) in [6, 6.07) is 4.00. The van der Waals surface area contributed by atoms with Crippen LogP contribution >= 0.6 is 11.8 Å². The second-order valence-corrected chi connectivity index (χ2v) is 6.22. The molecule has 1 aliphatic carbocycles. The van der Waals surface area contributed by atoms with Crippen molar-refractivity contribution in [3.05, 3.63) is 23.9 Å². The van der Waals surface area contributed by atoms with Crippen LogP contribution in [-0.2, 0) is 0 Å². The van der Waals surface area contributed by atoms with E-state index in [0.717, 1.165) is 25.2 Å². The molecule has 1 saturated carbocycles. The Kier molecular flexibility index (Phi) is 5.71. The molecule has 0 saturated heterocycles. The minimum atomic E-state index is -0.00880. The molecule has 0 aromatic carbocycles. The molecular formula is C15H23N3OS. The Bertz CT molecular complexity index is 435. The lowest BCUT2D eigenvalue weighted by Gasteiger charge is -2.19. The zero-order valence-electron chi connectivity index (χ0n) is 12.2. The standard InChI is InChI=1S/C15H23N3OS/c1-3-9-16-14-8-7-11(10-17-14)15(19)18-12-5-4-6-13(12)20-2/h7-8,10,12-13H,3-6,9H2,1-2H3,(H,16,17)(H,18,19). The first-order chi connectivity index (χ1) is 9.74. The van der Waals surface area contributed by atoms with E-state index >= 15 is 0 Å². The van der Waals surface area contributed by atoms with Crippen LogP contribution in [0.5, 0.6) is 0 Å². The van der Waals surface area contributed by atoms with Crippen LogP contribution in [0.25, 0.3) is 0 Å². The van der Waals surface area contributed by atoms with Gasteiger partial charge < -0.3 is 10.6 Å². The molecule has 1 amide bonds. The molecule has 2 N–H and O–H groups in total. The van der Waals surface area contributed by atoms with Gasteiger partial charge in [0.05, 0.1) is 5.56 Å². The van der Waals surface area contributed by atoms with Crippen molar-refractivity contribution in [1.29, 1.82) is 0 Å². The van der Waals surface area contributed by atoms with Crippen LogP contribution in [-0.4, -0.2) is 35.0 Å². The summed E-state index contributed by atoms with van der Waals surface area (Å²) in [5, 5.41) is 6.90. The number of anilines is 1. The normalized spacial score (nSPS) is 21.7. The first-order valence-electron chi connectivity index (χ1n) is 7.28. The van der Waals surface area contributed by atoms with E-state index < -0.39 is 0 Å². The van der Waals surface area contributed by atoms with Crippen LogP contribution in [0, 0.1) is 0 Å². The number of carbonyl (C=O) groups excluding carboxylic acids is 1. The molecule has 0 radical (unpaired) electrons. The highest BCUT2D eigenvalue weighted by Crippen LogP contribution is 2.28. The van der Waals surface area contributed by atoms with Gasteiger partial charge in [0.15, 0.2) is 0 Å². The van der Waals surface area contributed by atoms with Crippen molar-refractivity contribution in [3.8, 4) is 0 Å². The van der Waals surface area contributed by atoms with E-state index in [0.29, 0.717) is 16.9 Å². The monoisotopic (exact) mass is 293 g/mol. The molecule has 0 aliphatic heterocycles. The van der Waals surface area contributed by atoms with Crippen LogP contribution in [0.2, 0.25) is 0 Å². The van der Waals surface area contributed by atoms with Gasteiger partial charge in [-0.2, -0.15) is 11.8 Å². The van der Waals surface area contributed by atoms with Gasteiger partial charge in [-0.1, -0.05) is 13.3 Å². The lowest BCUT2D eigenvalue weighted by Crippen LogP contribution is -2.38. The highest BCUT2D eigenvalue weighted by atomic mass is 32.2. The Labute approximate surface area is 125 Å². The molecule has 1 fully saturated rings. The molecule has 20 heavy (non-hydrogen) atoms. The second kappa shape index (κ2) is 7.53. The van der Waals surface area contributed by atoms with Crippen molar-refractivity contribution in [1.82, 2.24) is 10.3 Å². The number of pyridine rings is 1. The summed E-state index contributed by atoms with van der Waals surface area (Å²) in [6.07, 6.45) is 8.31. The first kappa shape index (κ1) is 15.2. The van der Waals surface area contributed by atoms with Crippen LogP contribution in [0.3, 0.4) is 0 Å². The maximum Gasteiger partial charge on any atom is 0.253 e. The fourth-order valence-electron chi connectivity index (χ4n) is 2.51. The van der Waals surface area contributed by atoms with Crippen LogP contribution < -0.4 is 10.6 Å². The van der Waals surface area contributed by atoms with E-state index in [2.05, 4.69) is 28.8 Å². The average Bonchev–Trinajstić information content (AvgIpc) is 2.92. The maximum atomic E-state index is 12.2. The second-order valence-electron chi connectivity index (χ2n) is 5.14. The SMILES string of the molecule is CCCNc1ccc(C(=O)NC2CCCC2SC)cn1. The Balaban J connectivity index is 1.92. The largest absolute Gasteiger partial charge is 0.370 e. The van der Waals surface area contributed by atoms with Gasteiger partial charge >= 0.3 is 0 Å². The van der Waals surface area contributed by atoms with Gasteiger partial charge in [0, 0.05) is 24.0 Å². The summed E-state index contributed by atoms with van der Waals surface area (Å²) >= 11 is 1.85. The summed E-state index contributed by atoms with van der Waals surface area (Å²) < 4.78 is 0. The predicted molar refractivity (Wildman–Crippen MR) is 85.4 cm³/mol. The molecule has 1 heterocycles. The summed E-state index contributed by atoms with van der Waals surface area (Å²) in [5.41, 5.74) is 0.638. The minimum absolute atomic E-state index is 0.00880. The number of nitrogens with one attached hydrogen (secondary N) is 2. The quantitative estimate of drug-likeness (QED) is 0.847. The lowest BCUT2D eigenvalue weighted by molar-refractivity contribution is 0.0938. The smallest absolute Gasteiger partial charge is 0.253 e. The van der Waals surface area contributed by atoms with E-state index in [1.165, 1.54) is 12.8 Å². The van der Waals surface area contributed by atoms with E-state index in [1.807, 2.05) is 23.9 Å². The molecule has 1 aliphatic rings. The lowest BCUT2D eigenvalue weighted by atomic mass is 10.2. The molecule has 1 aromatic rings. The fraction of sp³-hybridized carbons (Fsp3) is 0.600. The van der Waals surface area contributed by atoms with Crippen molar-refractivity contribution >= 4 is 23.5 Å². The Hall–Kier alpha value is -1.23. The highest BCUT2D eigenvalue weighted by Gasteiger charge is 2.27. The molecule has 5 heteroatoms. The van der Waals surface area contributed by atoms with E-state index in [9.17, 15) is 4.79 Å². The predicted octanol–water partition coefficient (Wildman–Crippen LogP) is 2.92. The van der Waals surface area contributed by atoms with Gasteiger partial charge in [-0.05, 0) is 37.7 Å². The molecule has 1 aromatic heterocycles. The highest BCUT2D eigenvalue weighted by molar-refractivity contribution is 7.99. The third-order valence-electron chi connectivity index (χ3n) is 3.65. The van der Waals surface area contributed by atoms with Crippen molar-refractivity contribution in [2.45, 2.75) is 43.9 Å². The van der Waals surface area contributed by atoms with Gasteiger partial charge in [0.25, 0.3) is 5.91 Å². The number of nitrogens with zero attached hydrogens (tertiary/aromatic N) is 1. The fourth-order valence-corrected chi connectivity index (χ4v) is 3.45. The Morgan fingerprint density at radius 1 is 1.45 bits per heavy atom. The summed E-state index contributed by atoms with van der Waals surface area (Å²) in [7, 11) is 0. The molecule has 0 bridgehead atoms. The van der Waals surface area contributed by atoms with Crippen LogP contribution in [0.15, 0.2) is 18.3 Å². The molecule has 110 valence electrons.